The van der Waals surface area contributed by atoms with Gasteiger partial charge < -0.3 is 23.9 Å². The molecule has 7 nitrogen and oxygen atoms in total. The normalized spacial score (nSPS) is 15.3. The van der Waals surface area contributed by atoms with E-state index in [1.165, 1.54) is 7.11 Å². The Hall–Kier alpha value is -2.77. The summed E-state index contributed by atoms with van der Waals surface area (Å²) in [5.74, 6) is 1.15. The van der Waals surface area contributed by atoms with Gasteiger partial charge in [0.25, 0.3) is 0 Å². The summed E-state index contributed by atoms with van der Waals surface area (Å²) in [6.45, 7) is 0.792. The fraction of sp³-hybridized carbons (Fsp3) is 0.364. The third-order valence-electron chi connectivity index (χ3n) is 4.76. The van der Waals surface area contributed by atoms with Crippen LogP contribution in [0.5, 0.6) is 11.5 Å². The highest BCUT2D eigenvalue weighted by Crippen LogP contribution is 2.29. The van der Waals surface area contributed by atoms with Crippen molar-refractivity contribution >= 4 is 23.2 Å². The van der Waals surface area contributed by atoms with E-state index >= 15 is 0 Å². The van der Waals surface area contributed by atoms with Gasteiger partial charge in [-0.25, -0.2) is 0 Å². The average molecular weight is 433 g/mol. The number of oxime groups is 1. The van der Waals surface area contributed by atoms with Gasteiger partial charge in [0.15, 0.2) is 17.6 Å². The van der Waals surface area contributed by atoms with Crippen LogP contribution in [0.2, 0.25) is 5.02 Å². The number of rotatable bonds is 9. The number of hydrogen-bond acceptors (Lipinski definition) is 6. The summed E-state index contributed by atoms with van der Waals surface area (Å²) in [6, 6.07) is 13.0. The molecule has 1 aliphatic heterocycles. The van der Waals surface area contributed by atoms with E-state index in [1.807, 2.05) is 36.4 Å². The van der Waals surface area contributed by atoms with Crippen LogP contribution in [0.15, 0.2) is 47.6 Å². The molecule has 0 spiro atoms. The number of ether oxygens (including phenoxy) is 3. The fourth-order valence-corrected chi connectivity index (χ4v) is 3.50. The number of nitrogens with zero attached hydrogens (tertiary/aromatic N) is 2. The highest BCUT2D eigenvalue weighted by Gasteiger charge is 2.27. The summed E-state index contributed by atoms with van der Waals surface area (Å²) >= 11 is 6.08. The van der Waals surface area contributed by atoms with E-state index in [4.69, 9.17) is 30.6 Å². The summed E-state index contributed by atoms with van der Waals surface area (Å²) in [5, 5.41) is 4.86. The zero-order valence-electron chi connectivity index (χ0n) is 17.3. The van der Waals surface area contributed by atoms with Gasteiger partial charge in [-0.3, -0.25) is 4.79 Å². The smallest absolute Gasteiger partial charge is 0.248 e. The second kappa shape index (κ2) is 10.3. The van der Waals surface area contributed by atoms with Crippen molar-refractivity contribution in [1.82, 2.24) is 4.90 Å². The highest BCUT2D eigenvalue weighted by atomic mass is 35.5. The Morgan fingerprint density at radius 2 is 1.97 bits per heavy atom. The first kappa shape index (κ1) is 21.9. The lowest BCUT2D eigenvalue weighted by molar-refractivity contribution is -0.137. The summed E-state index contributed by atoms with van der Waals surface area (Å²) < 4.78 is 15.7. The first-order valence-corrected chi connectivity index (χ1v) is 9.88. The molecule has 0 aliphatic carbocycles. The Balaban J connectivity index is 1.68. The molecule has 0 N–H and O–H groups in total. The van der Waals surface area contributed by atoms with Crippen LogP contribution >= 0.6 is 11.6 Å². The Morgan fingerprint density at radius 1 is 1.17 bits per heavy atom. The first-order valence-electron chi connectivity index (χ1n) is 9.50. The van der Waals surface area contributed by atoms with E-state index in [0.29, 0.717) is 36.0 Å². The third-order valence-corrected chi connectivity index (χ3v) is 4.99. The van der Waals surface area contributed by atoms with Gasteiger partial charge in [-0.15, -0.1) is 0 Å². The second-order valence-corrected chi connectivity index (χ2v) is 7.31. The number of amides is 1. The maximum absolute atomic E-state index is 12.6. The molecule has 30 heavy (non-hydrogen) atoms. The van der Waals surface area contributed by atoms with Crippen LogP contribution in [0.3, 0.4) is 0 Å². The molecule has 0 saturated carbocycles. The molecule has 0 aromatic heterocycles. The lowest BCUT2D eigenvalue weighted by atomic mass is 10.0. The third kappa shape index (κ3) is 5.43. The van der Waals surface area contributed by atoms with Gasteiger partial charge in [-0.2, -0.15) is 0 Å². The van der Waals surface area contributed by atoms with E-state index in [1.54, 1.807) is 25.2 Å². The number of hydrogen-bond donors (Lipinski definition) is 0. The predicted molar refractivity (Wildman–Crippen MR) is 114 cm³/mol. The Bertz CT molecular complexity index is 918. The van der Waals surface area contributed by atoms with Gasteiger partial charge in [0, 0.05) is 30.7 Å². The maximum atomic E-state index is 12.6. The van der Waals surface area contributed by atoms with Crippen molar-refractivity contribution in [2.45, 2.75) is 19.1 Å². The van der Waals surface area contributed by atoms with E-state index < -0.39 is 0 Å². The summed E-state index contributed by atoms with van der Waals surface area (Å²) in [4.78, 5) is 19.9. The highest BCUT2D eigenvalue weighted by molar-refractivity contribution is 6.30. The topological polar surface area (TPSA) is 69.6 Å². The minimum absolute atomic E-state index is 0.00329. The van der Waals surface area contributed by atoms with E-state index in [2.05, 4.69) is 5.16 Å². The van der Waals surface area contributed by atoms with Gasteiger partial charge in [-0.05, 0) is 35.9 Å². The molecule has 8 heteroatoms. The number of methoxy groups -OCH3 is 3. The van der Waals surface area contributed by atoms with Gasteiger partial charge >= 0.3 is 0 Å². The summed E-state index contributed by atoms with van der Waals surface area (Å²) in [5.41, 5.74) is 2.62. The van der Waals surface area contributed by atoms with Crippen molar-refractivity contribution in [2.75, 3.05) is 34.5 Å². The minimum atomic E-state index is -0.256. The van der Waals surface area contributed by atoms with Crippen molar-refractivity contribution < 1.29 is 23.8 Å². The van der Waals surface area contributed by atoms with Crippen LogP contribution in [-0.4, -0.2) is 57.1 Å². The molecule has 2 aromatic rings. The molecular formula is C22H25ClN2O5. The number of halogens is 1. The summed E-state index contributed by atoms with van der Waals surface area (Å²) in [7, 11) is 4.68. The van der Waals surface area contributed by atoms with Gasteiger partial charge in [0.2, 0.25) is 5.91 Å². The maximum Gasteiger partial charge on any atom is 0.248 e. The largest absolute Gasteiger partial charge is 0.493 e. The second-order valence-electron chi connectivity index (χ2n) is 6.88. The van der Waals surface area contributed by atoms with Crippen LogP contribution < -0.4 is 9.47 Å². The van der Waals surface area contributed by atoms with E-state index in [0.717, 1.165) is 16.8 Å². The van der Waals surface area contributed by atoms with Crippen molar-refractivity contribution in [3.8, 4) is 11.5 Å². The van der Waals surface area contributed by atoms with Crippen LogP contribution in [-0.2, 0) is 20.9 Å². The number of benzene rings is 2. The average Bonchev–Trinajstić information content (AvgIpc) is 3.21. The molecule has 0 saturated heterocycles. The SMILES string of the molecule is COCC(=O)N(Cc1cccc(Cl)c1)CC1CC(c2ccc(OC)c(OC)c2)=NO1. The van der Waals surface area contributed by atoms with Gasteiger partial charge in [0.05, 0.1) is 26.5 Å². The van der Waals surface area contributed by atoms with E-state index in [-0.39, 0.29) is 18.6 Å². The first-order chi connectivity index (χ1) is 14.5. The Kier molecular flexibility index (Phi) is 7.54. The molecule has 1 amide bonds. The molecule has 0 fully saturated rings. The molecule has 0 radical (unpaired) electrons. The predicted octanol–water partition coefficient (Wildman–Crippen LogP) is 3.53. The standard InChI is InChI=1S/C22H25ClN2O5/c1-27-14-22(26)25(12-15-5-4-6-17(23)9-15)13-18-11-19(24-30-18)16-7-8-20(28-2)21(10-16)29-3/h4-10,18H,11-14H2,1-3H3. The molecule has 1 unspecified atom stereocenters. The number of carbonyl (C=O) groups excluding carboxylic acids is 1. The van der Waals surface area contributed by atoms with Crippen LogP contribution in [0.1, 0.15) is 17.5 Å². The molecule has 1 atom stereocenters. The molecule has 1 heterocycles. The molecule has 0 bridgehead atoms. The summed E-state index contributed by atoms with van der Waals surface area (Å²) in [6.07, 6.45) is 0.315. The fourth-order valence-electron chi connectivity index (χ4n) is 3.28. The lowest BCUT2D eigenvalue weighted by Gasteiger charge is -2.25. The Labute approximate surface area is 181 Å². The molecule has 3 rings (SSSR count). The van der Waals surface area contributed by atoms with E-state index in [9.17, 15) is 4.79 Å². The van der Waals surface area contributed by atoms with Gasteiger partial charge in [-0.1, -0.05) is 28.9 Å². The quantitative estimate of drug-likeness (QED) is 0.606. The minimum Gasteiger partial charge on any atom is -0.493 e. The van der Waals surface area contributed by atoms with Crippen LogP contribution in [0, 0.1) is 0 Å². The van der Waals surface area contributed by atoms with Crippen molar-refractivity contribution in [1.29, 1.82) is 0 Å². The lowest BCUT2D eigenvalue weighted by Crippen LogP contribution is -2.39. The molecular weight excluding hydrogens is 408 g/mol. The zero-order valence-corrected chi connectivity index (χ0v) is 18.0. The molecule has 160 valence electrons. The van der Waals surface area contributed by atoms with Crippen molar-refractivity contribution in [3.63, 3.8) is 0 Å². The molecule has 2 aromatic carbocycles. The monoisotopic (exact) mass is 432 g/mol. The zero-order chi connectivity index (χ0) is 21.5. The Morgan fingerprint density at radius 3 is 2.67 bits per heavy atom. The van der Waals surface area contributed by atoms with Crippen molar-refractivity contribution in [2.24, 2.45) is 5.16 Å². The van der Waals surface area contributed by atoms with Crippen LogP contribution in [0.25, 0.3) is 0 Å². The number of carbonyl (C=O) groups is 1. The van der Waals surface area contributed by atoms with Crippen molar-refractivity contribution in [3.05, 3.63) is 58.6 Å². The van der Waals surface area contributed by atoms with Crippen LogP contribution in [0.4, 0.5) is 0 Å². The molecule has 1 aliphatic rings. The van der Waals surface area contributed by atoms with Gasteiger partial charge in [0.1, 0.15) is 6.61 Å².